The smallest absolute Gasteiger partial charge is 0.123 e. The predicted octanol–water partition coefficient (Wildman–Crippen LogP) is 4.61. The van der Waals surface area contributed by atoms with Crippen LogP contribution in [0.15, 0.2) is 60.7 Å². The Morgan fingerprint density at radius 3 is 2.31 bits per heavy atom. The van der Waals surface area contributed by atoms with Gasteiger partial charge in [0.1, 0.15) is 5.82 Å². The third-order valence-electron chi connectivity index (χ3n) is 5.07. The molecule has 3 rings (SSSR count). The number of thiophene rings is 1. The van der Waals surface area contributed by atoms with Gasteiger partial charge in [-0.1, -0.05) is 68.5 Å². The number of hydrogen-bond acceptors (Lipinski definition) is 5. The van der Waals surface area contributed by atoms with Crippen molar-refractivity contribution in [1.29, 1.82) is 0 Å². The lowest BCUT2D eigenvalue weighted by Crippen LogP contribution is -2.29. The highest BCUT2D eigenvalue weighted by atomic mass is 32.1. The van der Waals surface area contributed by atoms with Crippen LogP contribution in [-0.2, 0) is 4.79 Å². The summed E-state index contributed by atoms with van der Waals surface area (Å²) < 4.78 is 13.6. The molecule has 0 spiro atoms. The fourth-order valence-corrected chi connectivity index (χ4v) is 4.91. The monoisotopic (exact) mass is 453 g/mol. The van der Waals surface area contributed by atoms with Crippen molar-refractivity contribution < 1.29 is 24.5 Å². The van der Waals surface area contributed by atoms with Crippen molar-refractivity contribution in [2.45, 2.75) is 44.8 Å². The van der Waals surface area contributed by atoms with E-state index >= 15 is 0 Å². The molecule has 4 nitrogen and oxygen atoms in total. The Bertz CT molecular complexity index is 1070. The number of carbonyl (C=O) groups is 1. The molecule has 3 aromatic rings. The van der Waals surface area contributed by atoms with E-state index in [-0.39, 0.29) is 18.2 Å². The number of carboxylic acids is 1. The van der Waals surface area contributed by atoms with Crippen LogP contribution in [0.3, 0.4) is 0 Å². The molecule has 6 heteroatoms. The van der Waals surface area contributed by atoms with E-state index in [0.717, 1.165) is 32.0 Å². The molecule has 1 heterocycles. The van der Waals surface area contributed by atoms with Gasteiger partial charge in [-0.15, -0.1) is 11.3 Å². The summed E-state index contributed by atoms with van der Waals surface area (Å²) in [5.41, 5.74) is 3.77. The summed E-state index contributed by atoms with van der Waals surface area (Å²) in [6, 6.07) is 16.3. The first-order valence-electron chi connectivity index (χ1n) is 10.5. The Balaban J connectivity index is 2.08. The van der Waals surface area contributed by atoms with Gasteiger partial charge >= 0.3 is 0 Å². The number of rotatable bonds is 9. The second-order valence-corrected chi connectivity index (χ2v) is 9.06. The summed E-state index contributed by atoms with van der Waals surface area (Å²) in [5, 5.41) is 30.8. The van der Waals surface area contributed by atoms with Crippen molar-refractivity contribution in [3.05, 3.63) is 76.9 Å². The summed E-state index contributed by atoms with van der Waals surface area (Å²) in [4.78, 5) is 12.8. The van der Waals surface area contributed by atoms with Crippen LogP contribution in [0.4, 0.5) is 4.39 Å². The molecule has 2 aromatic carbocycles. The van der Waals surface area contributed by atoms with Crippen molar-refractivity contribution in [1.82, 2.24) is 0 Å². The predicted molar refractivity (Wildman–Crippen MR) is 125 cm³/mol. The van der Waals surface area contributed by atoms with Gasteiger partial charge in [0.2, 0.25) is 0 Å². The maximum Gasteiger partial charge on any atom is 0.123 e. The van der Waals surface area contributed by atoms with Crippen LogP contribution in [0.5, 0.6) is 0 Å². The van der Waals surface area contributed by atoms with Crippen LogP contribution in [0, 0.1) is 5.82 Å². The topological polar surface area (TPSA) is 80.6 Å². The van der Waals surface area contributed by atoms with Crippen molar-refractivity contribution >= 4 is 23.4 Å². The first-order chi connectivity index (χ1) is 15.3. The van der Waals surface area contributed by atoms with Gasteiger partial charge in [0.25, 0.3) is 0 Å². The number of halogens is 1. The van der Waals surface area contributed by atoms with Crippen molar-refractivity contribution in [3.8, 4) is 21.6 Å². The van der Waals surface area contributed by atoms with Gasteiger partial charge in [0.05, 0.1) is 12.2 Å². The van der Waals surface area contributed by atoms with E-state index in [2.05, 4.69) is 13.8 Å². The van der Waals surface area contributed by atoms with Crippen molar-refractivity contribution in [2.24, 2.45) is 0 Å². The third kappa shape index (κ3) is 5.91. The van der Waals surface area contributed by atoms with E-state index in [9.17, 15) is 24.5 Å². The molecule has 168 valence electrons. The van der Waals surface area contributed by atoms with Gasteiger partial charge in [-0.2, -0.15) is 0 Å². The SMILES string of the molecule is CC(C)c1sc(-c2ccccc2)c(-c2ccc(F)cc2)c1/C=C/[C@@H](O)C[C@@H](O)CC(=O)[O-]. The highest BCUT2D eigenvalue weighted by molar-refractivity contribution is 7.16. The number of carbonyl (C=O) groups excluding carboxylic acids is 1. The lowest BCUT2D eigenvalue weighted by atomic mass is 9.94. The number of hydrogen-bond donors (Lipinski definition) is 2. The second kappa shape index (κ2) is 10.7. The zero-order valence-corrected chi connectivity index (χ0v) is 18.8. The fourth-order valence-electron chi connectivity index (χ4n) is 3.59. The molecule has 0 bridgehead atoms. The van der Waals surface area contributed by atoms with E-state index in [1.807, 2.05) is 36.4 Å². The van der Waals surface area contributed by atoms with Gasteiger partial charge in [-0.3, -0.25) is 0 Å². The van der Waals surface area contributed by atoms with Crippen LogP contribution in [0.25, 0.3) is 27.6 Å². The maximum absolute atomic E-state index is 13.6. The first-order valence-corrected chi connectivity index (χ1v) is 11.3. The summed E-state index contributed by atoms with van der Waals surface area (Å²) in [7, 11) is 0. The molecule has 2 N–H and O–H groups in total. The maximum atomic E-state index is 13.6. The highest BCUT2D eigenvalue weighted by Crippen LogP contribution is 2.46. The second-order valence-electron chi connectivity index (χ2n) is 8.00. The van der Waals surface area contributed by atoms with Crippen LogP contribution in [-0.4, -0.2) is 28.4 Å². The zero-order chi connectivity index (χ0) is 23.3. The molecule has 0 saturated carbocycles. The number of benzene rings is 2. The first kappa shape index (κ1) is 23.9. The van der Waals surface area contributed by atoms with Crippen molar-refractivity contribution in [2.75, 3.05) is 0 Å². The number of carboxylic acid groups (broad SMARTS) is 1. The van der Waals surface area contributed by atoms with Crippen LogP contribution in [0.2, 0.25) is 0 Å². The highest BCUT2D eigenvalue weighted by Gasteiger charge is 2.21. The van der Waals surface area contributed by atoms with E-state index in [1.165, 1.54) is 12.1 Å². The van der Waals surface area contributed by atoms with E-state index < -0.39 is 24.6 Å². The molecule has 0 unspecified atom stereocenters. The molecule has 2 atom stereocenters. The average molecular weight is 454 g/mol. The van der Waals surface area contributed by atoms with Gasteiger partial charge < -0.3 is 20.1 Å². The lowest BCUT2D eigenvalue weighted by molar-refractivity contribution is -0.307. The minimum absolute atomic E-state index is 0.108. The molecule has 0 saturated heterocycles. The Labute approximate surface area is 191 Å². The van der Waals surface area contributed by atoms with Crippen LogP contribution >= 0.6 is 11.3 Å². The molecule has 1 aromatic heterocycles. The molecule has 32 heavy (non-hydrogen) atoms. The van der Waals surface area contributed by atoms with E-state index in [1.54, 1.807) is 29.5 Å². The van der Waals surface area contributed by atoms with Crippen LogP contribution < -0.4 is 5.11 Å². The Morgan fingerprint density at radius 2 is 1.72 bits per heavy atom. The average Bonchev–Trinajstić information content (AvgIpc) is 3.12. The van der Waals surface area contributed by atoms with Gasteiger partial charge in [-0.05, 0) is 34.7 Å². The van der Waals surface area contributed by atoms with Gasteiger partial charge in [-0.25, -0.2) is 4.39 Å². The molecule has 0 aliphatic carbocycles. The number of aliphatic hydroxyl groups is 2. The standard InChI is InChI=1S/C26H27FO4S/c1-16(2)25-22(13-12-20(28)14-21(29)15-23(30)31)24(17-8-10-19(27)11-9-17)26(32-25)18-6-4-3-5-7-18/h3-13,16,20-21,28-29H,14-15H2,1-2H3,(H,30,31)/p-1/b13-12+/t20-,21-/m1/s1. The molecular weight excluding hydrogens is 427 g/mol. The Hall–Kier alpha value is -2.80. The summed E-state index contributed by atoms with van der Waals surface area (Å²) in [5.74, 6) is -1.47. The fraction of sp³-hybridized carbons (Fsp3) is 0.269. The molecule has 0 radical (unpaired) electrons. The molecule has 0 aliphatic rings. The molecule has 0 amide bonds. The number of aliphatic hydroxyl groups excluding tert-OH is 2. The quantitative estimate of drug-likeness (QED) is 0.496. The van der Waals surface area contributed by atoms with Crippen LogP contribution in [0.1, 0.15) is 43.0 Å². The number of aliphatic carboxylic acids is 1. The summed E-state index contributed by atoms with van der Waals surface area (Å²) in [6.07, 6.45) is 0.526. The van der Waals surface area contributed by atoms with Crippen molar-refractivity contribution in [3.63, 3.8) is 0 Å². The van der Waals surface area contributed by atoms with E-state index in [4.69, 9.17) is 0 Å². The lowest BCUT2D eigenvalue weighted by Gasteiger charge is -2.14. The summed E-state index contributed by atoms with van der Waals surface area (Å²) in [6.45, 7) is 4.18. The largest absolute Gasteiger partial charge is 0.550 e. The minimum Gasteiger partial charge on any atom is -0.550 e. The van der Waals surface area contributed by atoms with Gasteiger partial charge in [0, 0.05) is 34.1 Å². The minimum atomic E-state index is -1.36. The third-order valence-corrected chi connectivity index (χ3v) is 6.62. The normalized spacial score (nSPS) is 13.6. The van der Waals surface area contributed by atoms with E-state index in [0.29, 0.717) is 0 Å². The molecular formula is C26H26FO4S-. The van der Waals surface area contributed by atoms with Gasteiger partial charge in [0.15, 0.2) is 0 Å². The Morgan fingerprint density at radius 1 is 1.06 bits per heavy atom. The zero-order valence-electron chi connectivity index (χ0n) is 18.0. The molecule has 0 aliphatic heterocycles. The molecule has 0 fully saturated rings. The summed E-state index contributed by atoms with van der Waals surface area (Å²) >= 11 is 1.66. The Kier molecular flexibility index (Phi) is 7.96.